The van der Waals surface area contributed by atoms with E-state index in [2.05, 4.69) is 25.3 Å². The normalized spacial score (nSPS) is 11.8. The third-order valence-corrected chi connectivity index (χ3v) is 3.93. The summed E-state index contributed by atoms with van der Waals surface area (Å²) in [7, 11) is -3.69. The van der Waals surface area contributed by atoms with Gasteiger partial charge >= 0.3 is 0 Å². The molecule has 2 N–H and O–H groups in total. The fourth-order valence-corrected chi connectivity index (χ4v) is 2.57. The molecule has 2 heterocycles. The van der Waals surface area contributed by atoms with E-state index >= 15 is 0 Å². The highest BCUT2D eigenvalue weighted by Crippen LogP contribution is 2.12. The van der Waals surface area contributed by atoms with Crippen LogP contribution in [0.5, 0.6) is 0 Å². The topological polar surface area (TPSA) is 102 Å². The smallest absolute Gasteiger partial charge is 0.266 e. The number of hydrogen-bond donors (Lipinski definition) is 2. The Labute approximate surface area is 123 Å². The van der Waals surface area contributed by atoms with E-state index in [9.17, 15) is 8.42 Å². The Morgan fingerprint density at radius 3 is 2.86 bits per heavy atom. The molecule has 8 nitrogen and oxygen atoms in total. The van der Waals surface area contributed by atoms with E-state index in [1.165, 1.54) is 24.7 Å². The quantitative estimate of drug-likeness (QED) is 0.771. The second-order valence-corrected chi connectivity index (χ2v) is 6.44. The second kappa shape index (κ2) is 6.64. The lowest BCUT2D eigenvalue weighted by molar-refractivity contribution is 0.515. The highest BCUT2D eigenvalue weighted by Gasteiger charge is 2.17. The van der Waals surface area contributed by atoms with Crippen LogP contribution in [-0.4, -0.2) is 41.0 Å². The molecule has 114 valence electrons. The first-order valence-corrected chi connectivity index (χ1v) is 8.02. The van der Waals surface area contributed by atoms with Gasteiger partial charge in [-0.25, -0.2) is 8.42 Å². The minimum Gasteiger partial charge on any atom is -0.313 e. The molecule has 0 amide bonds. The predicted octanol–water partition coefficient (Wildman–Crippen LogP) is 0.472. The molecule has 9 heteroatoms. The van der Waals surface area contributed by atoms with Crippen LogP contribution in [0, 0.1) is 0 Å². The Balaban J connectivity index is 2.02. The van der Waals surface area contributed by atoms with Gasteiger partial charge in [0, 0.05) is 25.0 Å². The van der Waals surface area contributed by atoms with Gasteiger partial charge in [0.1, 0.15) is 4.90 Å². The zero-order valence-electron chi connectivity index (χ0n) is 11.9. The number of hydrogen-bond acceptors (Lipinski definition) is 6. The van der Waals surface area contributed by atoms with Gasteiger partial charge in [-0.15, -0.1) is 5.10 Å². The molecule has 21 heavy (non-hydrogen) atoms. The van der Waals surface area contributed by atoms with E-state index in [1.807, 2.05) is 13.8 Å². The molecule has 2 rings (SSSR count). The molecule has 0 fully saturated rings. The van der Waals surface area contributed by atoms with Crippen molar-refractivity contribution in [3.8, 4) is 0 Å². The first kappa shape index (κ1) is 15.4. The Bertz CT molecular complexity index is 668. The van der Waals surface area contributed by atoms with E-state index in [-0.39, 0.29) is 10.7 Å². The Morgan fingerprint density at radius 1 is 1.38 bits per heavy atom. The zero-order valence-corrected chi connectivity index (χ0v) is 12.7. The van der Waals surface area contributed by atoms with Crippen LogP contribution in [0.15, 0.2) is 35.6 Å². The molecule has 0 atom stereocenters. The number of nitrogens with one attached hydrogen (secondary N) is 2. The van der Waals surface area contributed by atoms with Crippen LogP contribution in [-0.2, 0) is 16.6 Å². The lowest BCUT2D eigenvalue weighted by Crippen LogP contribution is -2.26. The van der Waals surface area contributed by atoms with Gasteiger partial charge in [0.2, 0.25) is 0 Å². The number of aromatic nitrogens is 4. The summed E-state index contributed by atoms with van der Waals surface area (Å²) in [5, 5.41) is 14.6. The van der Waals surface area contributed by atoms with E-state index in [4.69, 9.17) is 0 Å². The molecule has 0 radical (unpaired) electrons. The number of rotatable bonds is 7. The molecule has 0 aliphatic carbocycles. The predicted molar refractivity (Wildman–Crippen MR) is 78.2 cm³/mol. The van der Waals surface area contributed by atoms with Crippen LogP contribution < -0.4 is 10.0 Å². The van der Waals surface area contributed by atoms with E-state index in [1.54, 1.807) is 10.7 Å². The molecule has 0 bridgehead atoms. The molecule has 0 saturated carbocycles. The fraction of sp³-hybridized carbons (Fsp3) is 0.417. The van der Waals surface area contributed by atoms with Crippen molar-refractivity contribution >= 4 is 15.8 Å². The van der Waals surface area contributed by atoms with Gasteiger partial charge < -0.3 is 5.32 Å². The number of sulfonamides is 1. The lowest BCUT2D eigenvalue weighted by Gasteiger charge is -2.07. The molecular formula is C12H18N6O2S. The molecule has 0 saturated heterocycles. The first-order chi connectivity index (χ1) is 9.97. The number of nitrogens with zero attached hydrogens (tertiary/aromatic N) is 4. The molecule has 0 aliphatic rings. The van der Waals surface area contributed by atoms with Gasteiger partial charge in [0.25, 0.3) is 10.0 Å². The van der Waals surface area contributed by atoms with Crippen molar-refractivity contribution in [1.29, 1.82) is 0 Å². The molecule has 0 spiro atoms. The summed E-state index contributed by atoms with van der Waals surface area (Å²) in [6.07, 6.45) is 4.27. The van der Waals surface area contributed by atoms with Gasteiger partial charge in [0.05, 0.1) is 12.7 Å². The highest BCUT2D eigenvalue weighted by molar-refractivity contribution is 7.92. The van der Waals surface area contributed by atoms with Gasteiger partial charge in [-0.3, -0.25) is 9.40 Å². The summed E-state index contributed by atoms with van der Waals surface area (Å²) in [6, 6.07) is 3.51. The maximum Gasteiger partial charge on any atom is 0.266 e. The van der Waals surface area contributed by atoms with Crippen molar-refractivity contribution in [2.75, 3.05) is 11.3 Å². The monoisotopic (exact) mass is 310 g/mol. The summed E-state index contributed by atoms with van der Waals surface area (Å²) in [5.41, 5.74) is 0. The Hall–Kier alpha value is -2.00. The first-order valence-electron chi connectivity index (χ1n) is 6.54. The third-order valence-electron chi connectivity index (χ3n) is 2.62. The minimum absolute atomic E-state index is 0.0951. The van der Waals surface area contributed by atoms with E-state index in [0.29, 0.717) is 12.6 Å². The average molecular weight is 310 g/mol. The molecule has 2 aromatic heterocycles. The van der Waals surface area contributed by atoms with Crippen molar-refractivity contribution in [1.82, 2.24) is 25.3 Å². The zero-order chi connectivity index (χ0) is 15.3. The van der Waals surface area contributed by atoms with Crippen molar-refractivity contribution in [2.24, 2.45) is 0 Å². The lowest BCUT2D eigenvalue weighted by atomic mass is 10.4. The molecular weight excluding hydrogens is 292 g/mol. The minimum atomic E-state index is -3.69. The van der Waals surface area contributed by atoms with Crippen LogP contribution in [0.1, 0.15) is 13.8 Å². The van der Waals surface area contributed by atoms with Gasteiger partial charge in [-0.05, 0) is 12.1 Å². The van der Waals surface area contributed by atoms with Crippen molar-refractivity contribution in [3.63, 3.8) is 0 Å². The van der Waals surface area contributed by atoms with Crippen LogP contribution >= 0.6 is 0 Å². The molecule has 0 aliphatic heterocycles. The van der Waals surface area contributed by atoms with Gasteiger partial charge in [-0.1, -0.05) is 13.8 Å². The Kier molecular flexibility index (Phi) is 4.86. The van der Waals surface area contributed by atoms with Crippen molar-refractivity contribution in [2.45, 2.75) is 31.3 Å². The summed E-state index contributed by atoms with van der Waals surface area (Å²) in [4.78, 5) is 0.0951. The third kappa shape index (κ3) is 4.50. The van der Waals surface area contributed by atoms with Crippen molar-refractivity contribution < 1.29 is 8.42 Å². The standard InChI is InChI=1S/C12H18N6O2S/c1-10(2)13-6-7-18-9-11(8-15-18)21(19,20)17-12-4-3-5-14-16-12/h3-5,8-10,13H,6-7H2,1-2H3,(H,16,17). The fourth-order valence-electron chi connectivity index (χ4n) is 1.63. The van der Waals surface area contributed by atoms with Gasteiger partial charge in [0.15, 0.2) is 5.82 Å². The van der Waals surface area contributed by atoms with Crippen LogP contribution in [0.2, 0.25) is 0 Å². The van der Waals surface area contributed by atoms with E-state index in [0.717, 1.165) is 6.54 Å². The average Bonchev–Trinajstić information content (AvgIpc) is 2.88. The summed E-state index contributed by atoms with van der Waals surface area (Å²) >= 11 is 0. The van der Waals surface area contributed by atoms with Crippen LogP contribution in [0.3, 0.4) is 0 Å². The summed E-state index contributed by atoms with van der Waals surface area (Å²) < 4.78 is 28.2. The van der Waals surface area contributed by atoms with E-state index < -0.39 is 10.0 Å². The SMILES string of the molecule is CC(C)NCCn1cc(S(=O)(=O)Nc2cccnn2)cn1. The maximum atomic E-state index is 12.1. The highest BCUT2D eigenvalue weighted by atomic mass is 32.2. The van der Waals surface area contributed by atoms with Gasteiger partial charge in [-0.2, -0.15) is 10.2 Å². The maximum absolute atomic E-state index is 12.1. The van der Waals surface area contributed by atoms with Crippen LogP contribution in [0.25, 0.3) is 0 Å². The Morgan fingerprint density at radius 2 is 2.19 bits per heavy atom. The van der Waals surface area contributed by atoms with Crippen LogP contribution in [0.4, 0.5) is 5.82 Å². The summed E-state index contributed by atoms with van der Waals surface area (Å²) in [5.74, 6) is 0.173. The van der Waals surface area contributed by atoms with Crippen molar-refractivity contribution in [3.05, 3.63) is 30.7 Å². The molecule has 0 aromatic carbocycles. The molecule has 0 unspecified atom stereocenters. The largest absolute Gasteiger partial charge is 0.313 e. The second-order valence-electron chi connectivity index (χ2n) is 4.76. The number of anilines is 1. The molecule has 2 aromatic rings. The summed E-state index contributed by atoms with van der Waals surface area (Å²) in [6.45, 7) is 5.41.